The standard InChI is InChI=1S/C21H24N2O5.C21H22N2O4.C20H20N2O3/c1-28-20(26)16-11-23(19(25)18-15(16)6-8-21(18,27)12-24)9-7-13-10-22-17-5-3-2-4-14(13)17;1-27-20(25)15-10-23-9-8-14-13-4-2-3-5-17(13)22-18(14)19(23)21(26)12(11-24)6-7-16(15)21;1-13-18(12-23)16-7-9-25-20(24)17(16)11-22(13)8-6-14-10-21-19-5-3-2-4-15(14)19/h2-6,8,10-11,15,18-19,22,24-25,27H,7,9,12H2,1H3;2-6,10,16,19,22,24,26H,7-9,11H2,1H3;2-5,10-13,21H,6-9H2,1H3/t15-,18-,19?,21?;16-,19-,21-;/m11./s1. The predicted octanol–water partition coefficient (Wildman–Crippen LogP) is 5.48. The van der Waals surface area contributed by atoms with Crippen molar-refractivity contribution < 1.29 is 58.9 Å². The molecule has 13 rings (SSSR count). The largest absolute Gasteiger partial charge is 0.466 e. The third-order valence-electron chi connectivity index (χ3n) is 17.4. The number of carbonyl (C=O) groups is 4. The number of fused-ring (bicyclic) bond motifs is 11. The summed E-state index contributed by atoms with van der Waals surface area (Å²) in [4.78, 5) is 64.1. The molecular weight excluding hydrogens is 1020 g/mol. The number of benzene rings is 3. The van der Waals surface area contributed by atoms with Gasteiger partial charge in [0.25, 0.3) is 0 Å². The highest BCUT2D eigenvalue weighted by atomic mass is 16.5. The number of methoxy groups -OCH3 is 2. The fraction of sp³-hybridized carbons (Fsp3) is 0.355. The third kappa shape index (κ3) is 9.23. The summed E-state index contributed by atoms with van der Waals surface area (Å²) in [6.07, 6.45) is 17.5. The van der Waals surface area contributed by atoms with Gasteiger partial charge in [0.15, 0.2) is 0 Å². The Hall–Kier alpha value is -8.00. The van der Waals surface area contributed by atoms with E-state index in [2.05, 4.69) is 38.1 Å². The maximum Gasteiger partial charge on any atom is 0.339 e. The van der Waals surface area contributed by atoms with E-state index in [1.54, 1.807) is 17.2 Å². The lowest BCUT2D eigenvalue weighted by molar-refractivity contribution is -0.143. The zero-order valence-electron chi connectivity index (χ0n) is 44.8. The molecule has 3 aromatic heterocycles. The number of para-hydroxylation sites is 3. The Morgan fingerprint density at radius 1 is 0.812 bits per heavy atom. The SMILES string of the molecule is CC1C(C=O)=C2CCOC(=O)C2=CN1CCc1c[nH]c2ccccc12.COC(=O)C1=CN(CCc2c[nH]c3ccccc23)C(O)[C@H]2[C@@H]1C=CC2(O)CO.COC(=O)C1=CN2CCc3c([nH]c4ccccc34)[C@@H]2[C@@]2(O)C(CO)=CC[C@H]12. The van der Waals surface area contributed by atoms with E-state index in [1.165, 1.54) is 42.2 Å². The van der Waals surface area contributed by atoms with Crippen LogP contribution in [-0.2, 0) is 52.7 Å². The molecule has 0 spiro atoms. The summed E-state index contributed by atoms with van der Waals surface area (Å²) in [6.45, 7) is 3.45. The average molecular weight is 1090 g/mol. The summed E-state index contributed by atoms with van der Waals surface area (Å²) in [6, 6.07) is 23.9. The zero-order valence-corrected chi connectivity index (χ0v) is 44.8. The van der Waals surface area contributed by atoms with Gasteiger partial charge in [-0.25, -0.2) is 14.4 Å². The topological polar surface area (TPSA) is 254 Å². The minimum atomic E-state index is -1.59. The normalized spacial score (nSPS) is 26.3. The lowest BCUT2D eigenvalue weighted by Gasteiger charge is -2.50. The Balaban J connectivity index is 0.000000127. The molecule has 18 nitrogen and oxygen atoms in total. The van der Waals surface area contributed by atoms with Crippen molar-refractivity contribution in [1.82, 2.24) is 29.7 Å². The van der Waals surface area contributed by atoms with Crippen LogP contribution in [-0.4, -0.2) is 157 Å². The molecule has 8 N–H and O–H groups in total. The first-order chi connectivity index (χ1) is 38.8. The first kappa shape index (κ1) is 54.0. The summed E-state index contributed by atoms with van der Waals surface area (Å²) in [5.41, 5.74) is 8.26. The Morgan fingerprint density at radius 3 is 2.08 bits per heavy atom. The Kier molecular flexibility index (Phi) is 14.8. The number of nitrogens with one attached hydrogen (secondary N) is 3. The second-order valence-electron chi connectivity index (χ2n) is 21.4. The fourth-order valence-corrected chi connectivity index (χ4v) is 13.3. The number of aliphatic hydroxyl groups excluding tert-OH is 3. The van der Waals surface area contributed by atoms with Crippen LogP contribution in [0.3, 0.4) is 0 Å². The molecular formula is C62H66N6O12. The molecule has 0 amide bonds. The van der Waals surface area contributed by atoms with Crippen LogP contribution >= 0.6 is 0 Å². The summed E-state index contributed by atoms with van der Waals surface area (Å²) < 4.78 is 15.0. The van der Waals surface area contributed by atoms with Crippen molar-refractivity contribution in [2.45, 2.75) is 68.5 Å². The Bertz CT molecular complexity index is 3600. The van der Waals surface area contributed by atoms with E-state index < -0.39 is 53.7 Å². The molecule has 416 valence electrons. The maximum atomic E-state index is 12.4. The molecule has 5 aliphatic heterocycles. The highest BCUT2D eigenvalue weighted by molar-refractivity contribution is 5.98. The average Bonchev–Trinajstić information content (AvgIpc) is 4.37. The number of aliphatic hydroxyl groups is 5. The zero-order chi connectivity index (χ0) is 56.0. The van der Waals surface area contributed by atoms with Crippen molar-refractivity contribution in [3.05, 3.63) is 178 Å². The number of aromatic amines is 3. The smallest absolute Gasteiger partial charge is 0.339 e. The van der Waals surface area contributed by atoms with Crippen LogP contribution in [0.5, 0.6) is 0 Å². The molecule has 8 heterocycles. The van der Waals surface area contributed by atoms with E-state index in [1.807, 2.05) is 97.3 Å². The van der Waals surface area contributed by atoms with Gasteiger partial charge in [0.2, 0.25) is 0 Å². The Labute approximate surface area is 461 Å². The van der Waals surface area contributed by atoms with Crippen molar-refractivity contribution >= 4 is 56.9 Å². The van der Waals surface area contributed by atoms with E-state index in [-0.39, 0.29) is 24.7 Å². The molecule has 6 aromatic rings. The molecule has 7 aliphatic rings. The molecule has 2 aliphatic carbocycles. The Morgan fingerprint density at radius 2 is 1.44 bits per heavy atom. The first-order valence-corrected chi connectivity index (χ1v) is 27.1. The quantitative estimate of drug-likeness (QED) is 0.0346. The van der Waals surface area contributed by atoms with Crippen LogP contribution in [0.15, 0.2) is 155 Å². The van der Waals surface area contributed by atoms with Gasteiger partial charge in [0.05, 0.1) is 56.8 Å². The summed E-state index contributed by atoms with van der Waals surface area (Å²) in [5, 5.41) is 56.7. The van der Waals surface area contributed by atoms with Crippen LogP contribution < -0.4 is 0 Å². The first-order valence-electron chi connectivity index (χ1n) is 27.1. The van der Waals surface area contributed by atoms with Gasteiger partial charge in [-0.05, 0) is 78.6 Å². The van der Waals surface area contributed by atoms with Gasteiger partial charge in [0.1, 0.15) is 29.8 Å². The van der Waals surface area contributed by atoms with E-state index in [4.69, 9.17) is 14.2 Å². The minimum Gasteiger partial charge on any atom is -0.466 e. The number of esters is 3. The molecule has 80 heavy (non-hydrogen) atoms. The number of nitrogens with zero attached hydrogens (tertiary/aromatic N) is 3. The van der Waals surface area contributed by atoms with Crippen molar-refractivity contribution in [2.24, 2.45) is 17.8 Å². The number of allylic oxidation sites excluding steroid dienone is 2. The lowest BCUT2D eigenvalue weighted by atomic mass is 9.70. The van der Waals surface area contributed by atoms with E-state index in [0.717, 1.165) is 64.4 Å². The number of carbonyl (C=O) groups excluding carboxylic acids is 4. The molecule has 18 heteroatoms. The van der Waals surface area contributed by atoms with Crippen LogP contribution in [0.25, 0.3) is 32.7 Å². The number of H-pyrrole nitrogens is 3. The monoisotopic (exact) mass is 1090 g/mol. The number of aldehydes is 1. The summed E-state index contributed by atoms with van der Waals surface area (Å²) in [5.74, 6) is -2.95. The predicted molar refractivity (Wildman–Crippen MR) is 298 cm³/mol. The van der Waals surface area contributed by atoms with Gasteiger partial charge in [0, 0.05) is 119 Å². The van der Waals surface area contributed by atoms with E-state index >= 15 is 0 Å². The van der Waals surface area contributed by atoms with Crippen LogP contribution in [0.2, 0.25) is 0 Å². The molecule has 0 radical (unpaired) electrons. The second kappa shape index (κ2) is 21.9. The van der Waals surface area contributed by atoms with Crippen molar-refractivity contribution in [3.8, 4) is 0 Å². The van der Waals surface area contributed by atoms with Gasteiger partial charge in [-0.2, -0.15) is 0 Å². The van der Waals surface area contributed by atoms with E-state index in [9.17, 15) is 44.7 Å². The fourth-order valence-electron chi connectivity index (χ4n) is 13.3. The van der Waals surface area contributed by atoms with E-state index in [0.29, 0.717) is 66.8 Å². The van der Waals surface area contributed by atoms with Crippen molar-refractivity contribution in [2.75, 3.05) is 53.7 Å². The van der Waals surface area contributed by atoms with Gasteiger partial charge in [-0.3, -0.25) is 4.79 Å². The molecule has 3 unspecified atom stereocenters. The molecule has 1 fully saturated rings. The molecule has 1 saturated heterocycles. The number of ether oxygens (including phenoxy) is 3. The number of cyclic esters (lactones) is 1. The number of hydrogen-bond acceptors (Lipinski definition) is 15. The molecule has 0 bridgehead atoms. The van der Waals surface area contributed by atoms with Gasteiger partial charge in [-0.1, -0.05) is 72.8 Å². The number of rotatable bonds is 11. The summed E-state index contributed by atoms with van der Waals surface area (Å²) >= 11 is 0. The highest BCUT2D eigenvalue weighted by Crippen LogP contribution is 2.55. The molecule has 3 aromatic carbocycles. The molecule has 0 saturated carbocycles. The second-order valence-corrected chi connectivity index (χ2v) is 21.4. The number of aromatic nitrogens is 3. The van der Waals surface area contributed by atoms with Crippen molar-refractivity contribution in [3.63, 3.8) is 0 Å². The lowest BCUT2D eigenvalue weighted by Crippen LogP contribution is -2.56. The van der Waals surface area contributed by atoms with Crippen LogP contribution in [0.1, 0.15) is 48.2 Å². The van der Waals surface area contributed by atoms with Crippen LogP contribution in [0.4, 0.5) is 0 Å². The van der Waals surface area contributed by atoms with Gasteiger partial charge in [-0.15, -0.1) is 0 Å². The van der Waals surface area contributed by atoms with Gasteiger partial charge >= 0.3 is 17.9 Å². The minimum absolute atomic E-state index is 0.0349. The molecule has 8 atom stereocenters. The third-order valence-corrected chi connectivity index (χ3v) is 17.4. The van der Waals surface area contributed by atoms with Crippen LogP contribution in [0, 0.1) is 17.8 Å². The summed E-state index contributed by atoms with van der Waals surface area (Å²) in [7, 11) is 2.66. The van der Waals surface area contributed by atoms with Gasteiger partial charge < -0.3 is 69.4 Å². The highest BCUT2D eigenvalue weighted by Gasteiger charge is 2.59. The van der Waals surface area contributed by atoms with Crippen molar-refractivity contribution in [1.29, 1.82) is 0 Å². The number of hydrogen-bond donors (Lipinski definition) is 8. The maximum absolute atomic E-state index is 12.4.